The summed E-state index contributed by atoms with van der Waals surface area (Å²) in [5.74, 6) is 5.73. The van der Waals surface area contributed by atoms with E-state index >= 15 is 0 Å². The Morgan fingerprint density at radius 2 is 2.20 bits per heavy atom. The molecular weight excluding hydrogens is 256 g/mol. The standard InChI is InChI=1S/C14H24N4O2/c1-4-5-12-8-11(9-13(17-12)18-15)14(19)16-6-7-20-10(2)3/h8-10H,4-7,15H2,1-3H3,(H,16,19)(H,17,18). The van der Waals surface area contributed by atoms with Gasteiger partial charge in [0.05, 0.1) is 12.7 Å². The van der Waals surface area contributed by atoms with Crippen LogP contribution in [-0.4, -0.2) is 30.1 Å². The van der Waals surface area contributed by atoms with Crippen molar-refractivity contribution in [3.05, 3.63) is 23.4 Å². The number of aromatic nitrogens is 1. The lowest BCUT2D eigenvalue weighted by atomic mass is 10.1. The summed E-state index contributed by atoms with van der Waals surface area (Å²) in [6, 6.07) is 3.43. The van der Waals surface area contributed by atoms with Gasteiger partial charge < -0.3 is 15.5 Å². The van der Waals surface area contributed by atoms with Crippen LogP contribution < -0.4 is 16.6 Å². The van der Waals surface area contributed by atoms with Gasteiger partial charge in [0.2, 0.25) is 0 Å². The minimum absolute atomic E-state index is 0.145. The molecule has 112 valence electrons. The third-order valence-corrected chi connectivity index (χ3v) is 2.63. The first-order chi connectivity index (χ1) is 9.56. The monoisotopic (exact) mass is 280 g/mol. The molecule has 6 nitrogen and oxygen atoms in total. The van der Waals surface area contributed by atoms with E-state index in [4.69, 9.17) is 10.6 Å². The Bertz CT molecular complexity index is 435. The second kappa shape index (κ2) is 8.50. The summed E-state index contributed by atoms with van der Waals surface area (Å²) < 4.78 is 5.38. The van der Waals surface area contributed by atoms with Crippen LogP contribution >= 0.6 is 0 Å². The molecule has 0 atom stereocenters. The molecule has 0 saturated carbocycles. The lowest BCUT2D eigenvalue weighted by Gasteiger charge is -2.10. The number of rotatable bonds is 8. The average molecular weight is 280 g/mol. The molecule has 0 saturated heterocycles. The van der Waals surface area contributed by atoms with Crippen molar-refractivity contribution in [2.45, 2.75) is 39.7 Å². The third kappa shape index (κ3) is 5.54. The first kappa shape index (κ1) is 16.4. The van der Waals surface area contributed by atoms with Gasteiger partial charge in [0.1, 0.15) is 5.82 Å². The van der Waals surface area contributed by atoms with Crippen LogP contribution in [0.1, 0.15) is 43.2 Å². The summed E-state index contributed by atoms with van der Waals surface area (Å²) >= 11 is 0. The number of nitrogen functional groups attached to an aromatic ring is 1. The van der Waals surface area contributed by atoms with Crippen molar-refractivity contribution in [3.8, 4) is 0 Å². The second-order valence-electron chi connectivity index (χ2n) is 4.80. The van der Waals surface area contributed by atoms with E-state index in [0.717, 1.165) is 18.5 Å². The molecule has 6 heteroatoms. The van der Waals surface area contributed by atoms with Crippen molar-refractivity contribution in [1.82, 2.24) is 10.3 Å². The maximum Gasteiger partial charge on any atom is 0.251 e. The Kier molecular flexibility index (Phi) is 6.97. The first-order valence-electron chi connectivity index (χ1n) is 6.94. The Balaban J connectivity index is 2.64. The van der Waals surface area contributed by atoms with E-state index in [0.29, 0.717) is 24.5 Å². The lowest BCUT2D eigenvalue weighted by molar-refractivity contribution is 0.0746. The fourth-order valence-electron chi connectivity index (χ4n) is 1.74. The van der Waals surface area contributed by atoms with Crippen molar-refractivity contribution >= 4 is 11.7 Å². The van der Waals surface area contributed by atoms with Gasteiger partial charge in [-0.1, -0.05) is 13.3 Å². The van der Waals surface area contributed by atoms with Crippen molar-refractivity contribution in [1.29, 1.82) is 0 Å². The highest BCUT2D eigenvalue weighted by molar-refractivity contribution is 5.95. The van der Waals surface area contributed by atoms with Crippen LogP contribution in [0.15, 0.2) is 12.1 Å². The molecule has 1 aromatic rings. The number of carbonyl (C=O) groups is 1. The number of aryl methyl sites for hydroxylation is 1. The van der Waals surface area contributed by atoms with Crippen LogP contribution in [0.3, 0.4) is 0 Å². The van der Waals surface area contributed by atoms with Crippen molar-refractivity contribution in [2.24, 2.45) is 5.84 Å². The summed E-state index contributed by atoms with van der Waals surface area (Å²) in [6.45, 7) is 6.96. The number of ether oxygens (including phenoxy) is 1. The minimum atomic E-state index is -0.145. The highest BCUT2D eigenvalue weighted by Gasteiger charge is 2.09. The number of anilines is 1. The van der Waals surface area contributed by atoms with Gasteiger partial charge in [-0.2, -0.15) is 0 Å². The Morgan fingerprint density at radius 3 is 2.80 bits per heavy atom. The van der Waals surface area contributed by atoms with E-state index in [1.807, 2.05) is 13.8 Å². The van der Waals surface area contributed by atoms with Gasteiger partial charge in [-0.3, -0.25) is 4.79 Å². The van der Waals surface area contributed by atoms with Crippen molar-refractivity contribution in [3.63, 3.8) is 0 Å². The van der Waals surface area contributed by atoms with Crippen molar-refractivity contribution < 1.29 is 9.53 Å². The number of pyridine rings is 1. The van der Waals surface area contributed by atoms with Gasteiger partial charge in [0, 0.05) is 17.8 Å². The SMILES string of the molecule is CCCc1cc(C(=O)NCCOC(C)C)cc(NN)n1. The highest BCUT2D eigenvalue weighted by Crippen LogP contribution is 2.11. The fourth-order valence-corrected chi connectivity index (χ4v) is 1.74. The maximum absolute atomic E-state index is 12.1. The van der Waals surface area contributed by atoms with E-state index in [1.165, 1.54) is 0 Å². The molecule has 0 spiro atoms. The quantitative estimate of drug-likeness (QED) is 0.381. The molecule has 0 aromatic carbocycles. The zero-order chi connectivity index (χ0) is 15.0. The fraction of sp³-hybridized carbons (Fsp3) is 0.571. The van der Waals surface area contributed by atoms with Crippen LogP contribution in [0.25, 0.3) is 0 Å². The summed E-state index contributed by atoms with van der Waals surface area (Å²) in [5, 5.41) is 2.81. The van der Waals surface area contributed by atoms with E-state index < -0.39 is 0 Å². The molecule has 1 rings (SSSR count). The topological polar surface area (TPSA) is 89.3 Å². The number of hydrazine groups is 1. The molecule has 1 amide bonds. The first-order valence-corrected chi connectivity index (χ1v) is 6.94. The van der Waals surface area contributed by atoms with Crippen LogP contribution in [0, 0.1) is 0 Å². The number of nitrogens with two attached hydrogens (primary N) is 1. The second-order valence-corrected chi connectivity index (χ2v) is 4.80. The predicted molar refractivity (Wildman–Crippen MR) is 79.5 cm³/mol. The number of nitrogens with one attached hydrogen (secondary N) is 2. The zero-order valence-corrected chi connectivity index (χ0v) is 12.4. The number of amides is 1. The smallest absolute Gasteiger partial charge is 0.251 e. The Morgan fingerprint density at radius 1 is 1.45 bits per heavy atom. The predicted octanol–water partition coefficient (Wildman–Crippen LogP) is 1.47. The van der Waals surface area contributed by atoms with Crippen LogP contribution in [0.2, 0.25) is 0 Å². The number of carbonyl (C=O) groups excluding carboxylic acids is 1. The summed E-state index contributed by atoms with van der Waals surface area (Å²) in [7, 11) is 0. The third-order valence-electron chi connectivity index (χ3n) is 2.63. The maximum atomic E-state index is 12.1. The molecule has 0 aliphatic carbocycles. The number of nitrogens with zero attached hydrogens (tertiary/aromatic N) is 1. The number of hydrogen-bond donors (Lipinski definition) is 3. The van der Waals surface area contributed by atoms with E-state index in [2.05, 4.69) is 22.7 Å². The highest BCUT2D eigenvalue weighted by atomic mass is 16.5. The van der Waals surface area contributed by atoms with Crippen LogP contribution in [0.4, 0.5) is 5.82 Å². The van der Waals surface area contributed by atoms with E-state index in [1.54, 1.807) is 12.1 Å². The van der Waals surface area contributed by atoms with Gasteiger partial charge in [0.15, 0.2) is 0 Å². The number of hydrogen-bond acceptors (Lipinski definition) is 5. The van der Waals surface area contributed by atoms with Gasteiger partial charge in [-0.15, -0.1) is 0 Å². The molecule has 0 fully saturated rings. The molecule has 1 aromatic heterocycles. The molecule has 0 radical (unpaired) electrons. The van der Waals surface area contributed by atoms with Gasteiger partial charge in [0.25, 0.3) is 5.91 Å². The largest absolute Gasteiger partial charge is 0.377 e. The average Bonchev–Trinajstić information content (AvgIpc) is 2.43. The van der Waals surface area contributed by atoms with Gasteiger partial charge >= 0.3 is 0 Å². The minimum Gasteiger partial charge on any atom is -0.377 e. The zero-order valence-electron chi connectivity index (χ0n) is 12.4. The van der Waals surface area contributed by atoms with Crippen LogP contribution in [-0.2, 0) is 11.2 Å². The van der Waals surface area contributed by atoms with Gasteiger partial charge in [-0.25, -0.2) is 10.8 Å². The summed E-state index contributed by atoms with van der Waals surface area (Å²) in [5.41, 5.74) is 3.90. The van der Waals surface area contributed by atoms with E-state index in [-0.39, 0.29) is 12.0 Å². The lowest BCUT2D eigenvalue weighted by Crippen LogP contribution is -2.28. The summed E-state index contributed by atoms with van der Waals surface area (Å²) in [4.78, 5) is 16.4. The molecule has 4 N–H and O–H groups in total. The van der Waals surface area contributed by atoms with Crippen molar-refractivity contribution in [2.75, 3.05) is 18.6 Å². The Hall–Kier alpha value is -1.66. The normalized spacial score (nSPS) is 10.7. The molecule has 0 aliphatic rings. The van der Waals surface area contributed by atoms with Gasteiger partial charge in [-0.05, 0) is 32.4 Å². The molecule has 1 heterocycles. The molecule has 0 unspecified atom stereocenters. The molecule has 20 heavy (non-hydrogen) atoms. The Labute approximate surface area is 120 Å². The van der Waals surface area contributed by atoms with Crippen LogP contribution in [0.5, 0.6) is 0 Å². The van der Waals surface area contributed by atoms with E-state index in [9.17, 15) is 4.79 Å². The molecule has 0 aliphatic heterocycles. The molecule has 0 bridgehead atoms. The molecular formula is C14H24N4O2. The summed E-state index contributed by atoms with van der Waals surface area (Å²) in [6.07, 6.45) is 1.94.